The summed E-state index contributed by atoms with van der Waals surface area (Å²) in [5.74, 6) is 1.76. The zero-order valence-corrected chi connectivity index (χ0v) is 23.7. The number of fused-ring (bicyclic) bond motifs is 1. The van der Waals surface area contributed by atoms with E-state index in [4.69, 9.17) is 5.14 Å². The Morgan fingerprint density at radius 3 is 2.13 bits per heavy atom. The molecule has 2 aromatic heterocycles. The van der Waals surface area contributed by atoms with Crippen molar-refractivity contribution < 1.29 is 41.1 Å². The van der Waals surface area contributed by atoms with Crippen LogP contribution in [0.5, 0.6) is 0 Å². The van der Waals surface area contributed by atoms with Crippen LogP contribution in [-0.2, 0) is 42.7 Å². The average Bonchev–Trinajstić information content (AvgIpc) is 2.80. The Morgan fingerprint density at radius 1 is 1.10 bits per heavy atom. The molecule has 0 aromatic carbocycles. The maximum absolute atomic E-state index is 11.8. The standard InChI is InChI=1S/C22H36N4O2S.Y/c1-14-11-18-15(2)24-17(4)25-19(18)26(14)12-21(7,8)22(9,10)16(3)20(5,6)13-29(23,27)28;/h11-12H,13H2,1-10H3,(H2,23,27,28);/q-2;. The number of hydrogen-bond donors (Lipinski definition) is 1. The molecule has 6 nitrogen and oxygen atoms in total. The fraction of sp³-hybridized carbons (Fsp3) is 0.636. The molecule has 2 rings (SSSR count). The van der Waals surface area contributed by atoms with Crippen LogP contribution in [0.4, 0.5) is 0 Å². The number of sulfonamides is 1. The van der Waals surface area contributed by atoms with Gasteiger partial charge in [-0.05, 0) is 19.2 Å². The first-order valence-electron chi connectivity index (χ1n) is 9.93. The molecule has 0 aliphatic rings. The van der Waals surface area contributed by atoms with Gasteiger partial charge in [-0.25, -0.2) is 18.5 Å². The van der Waals surface area contributed by atoms with E-state index in [2.05, 4.69) is 61.8 Å². The average molecular weight is 510 g/mol. The van der Waals surface area contributed by atoms with Crippen LogP contribution in [0.25, 0.3) is 11.0 Å². The summed E-state index contributed by atoms with van der Waals surface area (Å²) < 4.78 is 25.7. The van der Waals surface area contributed by atoms with E-state index in [0.29, 0.717) is 0 Å². The van der Waals surface area contributed by atoms with E-state index in [1.54, 1.807) is 0 Å². The molecule has 0 atom stereocenters. The molecule has 0 aliphatic carbocycles. The third-order valence-corrected chi connectivity index (χ3v) is 7.89. The van der Waals surface area contributed by atoms with Crippen molar-refractivity contribution in [3.05, 3.63) is 35.7 Å². The topological polar surface area (TPSA) is 90.9 Å². The summed E-state index contributed by atoms with van der Waals surface area (Å²) >= 11 is 0. The molecule has 0 fully saturated rings. The normalized spacial score (nSPS) is 13.6. The predicted octanol–water partition coefficient (Wildman–Crippen LogP) is 4.33. The molecule has 1 radical (unpaired) electrons. The maximum atomic E-state index is 11.8. The Hall–Kier alpha value is -0.496. The van der Waals surface area contributed by atoms with Gasteiger partial charge >= 0.3 is 0 Å². The Balaban J connectivity index is 0.00000450. The van der Waals surface area contributed by atoms with Gasteiger partial charge in [0.1, 0.15) is 5.82 Å². The van der Waals surface area contributed by atoms with Crippen LogP contribution in [0.3, 0.4) is 0 Å². The number of nitrogens with zero attached hydrogens (tertiary/aromatic N) is 3. The molecule has 2 aromatic rings. The zero-order chi connectivity index (χ0) is 22.6. The molecule has 2 N–H and O–H groups in total. The van der Waals surface area contributed by atoms with Crippen molar-refractivity contribution in [1.82, 2.24) is 14.5 Å². The largest absolute Gasteiger partial charge is 0.466 e. The van der Waals surface area contributed by atoms with Gasteiger partial charge in [0.05, 0.1) is 0 Å². The van der Waals surface area contributed by atoms with Crippen LogP contribution in [0, 0.1) is 49.5 Å². The fourth-order valence-corrected chi connectivity index (χ4v) is 5.31. The third kappa shape index (κ3) is 5.46. The number of primary sulfonamides is 1. The van der Waals surface area contributed by atoms with Gasteiger partial charge in [-0.2, -0.15) is 12.3 Å². The molecule has 0 saturated carbocycles. The first kappa shape index (κ1) is 27.5. The predicted molar refractivity (Wildman–Crippen MR) is 120 cm³/mol. The minimum Gasteiger partial charge on any atom is -0.466 e. The van der Waals surface area contributed by atoms with Crippen molar-refractivity contribution in [2.24, 2.45) is 21.4 Å². The maximum Gasteiger partial charge on any atom is 0.207 e. The van der Waals surface area contributed by atoms with Crippen LogP contribution < -0.4 is 5.14 Å². The summed E-state index contributed by atoms with van der Waals surface area (Å²) in [6, 6.07) is 2.12. The van der Waals surface area contributed by atoms with Crippen LogP contribution in [-0.4, -0.2) is 28.7 Å². The van der Waals surface area contributed by atoms with Gasteiger partial charge in [-0.15, -0.1) is 12.0 Å². The second-order valence-electron chi connectivity index (χ2n) is 10.0. The molecule has 167 valence electrons. The minimum atomic E-state index is -3.58. The smallest absolute Gasteiger partial charge is 0.207 e. The van der Waals surface area contributed by atoms with E-state index < -0.39 is 15.4 Å². The molecule has 0 aliphatic heterocycles. The number of hydrogen-bond acceptors (Lipinski definition) is 4. The second-order valence-corrected chi connectivity index (χ2v) is 11.7. The van der Waals surface area contributed by atoms with E-state index in [-0.39, 0.29) is 49.3 Å². The summed E-state index contributed by atoms with van der Waals surface area (Å²) in [4.78, 5) is 9.17. The first-order valence-corrected chi connectivity index (χ1v) is 11.6. The monoisotopic (exact) mass is 509 g/mol. The molecule has 2 heterocycles. The Kier molecular flexibility index (Phi) is 8.08. The second kappa shape index (κ2) is 8.80. The van der Waals surface area contributed by atoms with Crippen LogP contribution in [0.2, 0.25) is 0 Å². The van der Waals surface area contributed by atoms with Crippen molar-refractivity contribution in [2.75, 3.05) is 5.75 Å². The van der Waals surface area contributed by atoms with E-state index >= 15 is 0 Å². The molecule has 0 bridgehead atoms. The fourth-order valence-electron chi connectivity index (χ4n) is 4.09. The van der Waals surface area contributed by atoms with Gasteiger partial charge in [0.2, 0.25) is 10.0 Å². The van der Waals surface area contributed by atoms with Gasteiger partial charge in [-0.3, -0.25) is 4.98 Å². The molecular weight excluding hydrogens is 473 g/mol. The van der Waals surface area contributed by atoms with Crippen molar-refractivity contribution in [2.45, 2.75) is 69.2 Å². The van der Waals surface area contributed by atoms with Crippen LogP contribution >= 0.6 is 0 Å². The SMILES string of the molecule is Cc1nc(C)c2cc(C)n([CH-]C(C)(C)C(C)(C)[C-](C)C(C)(C)CS(N)(=O)=O)c2n1.[Y]. The number of rotatable bonds is 7. The molecule has 8 heteroatoms. The van der Waals surface area contributed by atoms with E-state index in [9.17, 15) is 8.42 Å². The number of aryl methyl sites for hydroxylation is 3. The van der Waals surface area contributed by atoms with E-state index in [1.165, 1.54) is 0 Å². The molecule has 0 spiro atoms. The number of nitrogens with two attached hydrogens (primary N) is 1. The summed E-state index contributed by atoms with van der Waals surface area (Å²) in [6.07, 6.45) is 0. The quantitative estimate of drug-likeness (QED) is 0.563. The molecule has 30 heavy (non-hydrogen) atoms. The minimum absolute atomic E-state index is 0. The first-order chi connectivity index (χ1) is 12.9. The number of aromatic nitrogens is 3. The van der Waals surface area contributed by atoms with Crippen molar-refractivity contribution in [3.8, 4) is 0 Å². The third-order valence-electron chi connectivity index (χ3n) is 6.77. The Morgan fingerprint density at radius 2 is 1.63 bits per heavy atom. The van der Waals surface area contributed by atoms with Crippen LogP contribution in [0.15, 0.2) is 6.07 Å². The van der Waals surface area contributed by atoms with Gasteiger partial charge in [-0.1, -0.05) is 65.6 Å². The van der Waals surface area contributed by atoms with E-state index in [1.807, 2.05) is 34.6 Å². The van der Waals surface area contributed by atoms with Crippen LogP contribution in [0.1, 0.15) is 65.7 Å². The zero-order valence-electron chi connectivity index (χ0n) is 20.1. The summed E-state index contributed by atoms with van der Waals surface area (Å²) in [5, 5.41) is 6.41. The van der Waals surface area contributed by atoms with Crippen molar-refractivity contribution in [3.63, 3.8) is 0 Å². The summed E-state index contributed by atoms with van der Waals surface area (Å²) in [7, 11) is -3.58. The van der Waals surface area contributed by atoms with E-state index in [0.717, 1.165) is 34.2 Å². The molecule has 0 amide bonds. The summed E-state index contributed by atoms with van der Waals surface area (Å²) in [6.45, 7) is 22.8. The van der Waals surface area contributed by atoms with Gasteiger partial charge in [0, 0.05) is 49.8 Å². The van der Waals surface area contributed by atoms with Gasteiger partial charge < -0.3 is 10.5 Å². The Bertz CT molecular complexity index is 1020. The Labute approximate surface area is 207 Å². The molecule has 0 saturated heterocycles. The van der Waals surface area contributed by atoms with Crippen molar-refractivity contribution >= 4 is 21.1 Å². The molecular formula is C22H36N4O2SY-2. The van der Waals surface area contributed by atoms with Gasteiger partial charge in [0.25, 0.3) is 0 Å². The van der Waals surface area contributed by atoms with Crippen molar-refractivity contribution in [1.29, 1.82) is 0 Å². The molecule has 0 unspecified atom stereocenters. The van der Waals surface area contributed by atoms with Gasteiger partial charge in [0.15, 0.2) is 0 Å². The summed E-state index contributed by atoms with van der Waals surface area (Å²) in [5.41, 5.74) is 1.81.